The van der Waals surface area contributed by atoms with Gasteiger partial charge in [0.1, 0.15) is 0 Å². The molecule has 0 aliphatic carbocycles. The highest BCUT2D eigenvalue weighted by molar-refractivity contribution is 7.47. The maximum absolute atomic E-state index is 12.6. The van der Waals surface area contributed by atoms with Gasteiger partial charge in [0.2, 0.25) is 5.91 Å². The molecule has 0 aromatic carbocycles. The highest BCUT2D eigenvalue weighted by Gasteiger charge is 2.26. The van der Waals surface area contributed by atoms with E-state index < -0.39 is 20.0 Å². The van der Waals surface area contributed by atoms with Crippen LogP contribution in [0.4, 0.5) is 0 Å². The van der Waals surface area contributed by atoms with Gasteiger partial charge in [-0.1, -0.05) is 160 Å². The van der Waals surface area contributed by atoms with Crippen molar-refractivity contribution in [1.29, 1.82) is 0 Å². The van der Waals surface area contributed by atoms with E-state index in [2.05, 4.69) is 25.2 Å². The van der Waals surface area contributed by atoms with E-state index >= 15 is 0 Å². The summed E-state index contributed by atoms with van der Waals surface area (Å²) in [5.74, 6) is -0.213. The predicted molar refractivity (Wildman–Crippen MR) is 185 cm³/mol. The summed E-state index contributed by atoms with van der Waals surface area (Å²) >= 11 is 0. The van der Waals surface area contributed by atoms with Crippen molar-refractivity contribution in [3.05, 3.63) is 24.3 Å². The van der Waals surface area contributed by atoms with Gasteiger partial charge in [0, 0.05) is 13.0 Å². The van der Waals surface area contributed by atoms with Gasteiger partial charge < -0.3 is 21.1 Å². The molecule has 3 atom stereocenters. The van der Waals surface area contributed by atoms with Crippen molar-refractivity contribution in [1.82, 2.24) is 5.32 Å². The molecule has 0 saturated heterocycles. The molecule has 0 bridgehead atoms. The number of hydrogen-bond acceptors (Lipinski definition) is 6. The highest BCUT2D eigenvalue weighted by atomic mass is 31.2. The first kappa shape index (κ1) is 43.0. The lowest BCUT2D eigenvalue weighted by Gasteiger charge is -2.23. The Morgan fingerprint density at radius 3 is 1.73 bits per heavy atom. The minimum absolute atomic E-state index is 0.0732. The number of nitrogens with two attached hydrogens (primary N) is 1. The Labute approximate surface area is 270 Å². The molecule has 0 saturated carbocycles. The summed E-state index contributed by atoms with van der Waals surface area (Å²) in [6, 6.07) is -0.885. The largest absolute Gasteiger partial charge is 0.472 e. The molecule has 260 valence electrons. The zero-order chi connectivity index (χ0) is 32.6. The summed E-state index contributed by atoms with van der Waals surface area (Å²) in [7, 11) is -4.33. The molecule has 0 aliphatic rings. The first-order valence-electron chi connectivity index (χ1n) is 18.0. The van der Waals surface area contributed by atoms with E-state index in [9.17, 15) is 19.4 Å². The molecule has 1 unspecified atom stereocenters. The van der Waals surface area contributed by atoms with Crippen LogP contribution in [0.25, 0.3) is 0 Å². The number of carbonyl (C=O) groups is 1. The summed E-state index contributed by atoms with van der Waals surface area (Å²) < 4.78 is 21.9. The van der Waals surface area contributed by atoms with Crippen LogP contribution in [0, 0.1) is 0 Å². The Hall–Kier alpha value is -1.02. The number of amides is 1. The number of nitrogens with one attached hydrogen (secondary N) is 1. The van der Waals surface area contributed by atoms with Crippen LogP contribution in [0.15, 0.2) is 24.3 Å². The number of phosphoric acid groups is 1. The number of aliphatic hydroxyl groups is 1. The molecule has 44 heavy (non-hydrogen) atoms. The van der Waals surface area contributed by atoms with Crippen molar-refractivity contribution in [2.24, 2.45) is 5.73 Å². The van der Waals surface area contributed by atoms with Gasteiger partial charge in [0.05, 0.1) is 25.4 Å². The first-order chi connectivity index (χ1) is 21.4. The van der Waals surface area contributed by atoms with E-state index in [1.54, 1.807) is 12.2 Å². The molecule has 0 radical (unpaired) electrons. The fraction of sp³-hybridized carbons (Fsp3) is 0.857. The number of phosphoric ester groups is 1. The molecule has 0 heterocycles. The number of hydrogen-bond donors (Lipinski definition) is 4. The van der Waals surface area contributed by atoms with Crippen LogP contribution in [0.1, 0.15) is 162 Å². The Bertz CT molecular complexity index is 749. The second kappa shape index (κ2) is 31.9. The third kappa shape index (κ3) is 29.7. The number of allylic oxidation sites excluding steroid dienone is 3. The summed E-state index contributed by atoms with van der Waals surface area (Å²) in [5, 5.41) is 13.5. The fourth-order valence-electron chi connectivity index (χ4n) is 5.07. The van der Waals surface area contributed by atoms with Crippen LogP contribution in [-0.2, 0) is 18.4 Å². The van der Waals surface area contributed by atoms with E-state index in [-0.39, 0.29) is 25.7 Å². The van der Waals surface area contributed by atoms with Crippen LogP contribution in [0.5, 0.6) is 0 Å². The predicted octanol–water partition coefficient (Wildman–Crippen LogP) is 9.05. The molecule has 9 heteroatoms. The Morgan fingerprint density at radius 2 is 1.23 bits per heavy atom. The average Bonchev–Trinajstić information content (AvgIpc) is 3.01. The van der Waals surface area contributed by atoms with E-state index in [1.807, 2.05) is 6.08 Å². The second-order valence-corrected chi connectivity index (χ2v) is 13.6. The molecule has 0 aromatic heterocycles. The van der Waals surface area contributed by atoms with Gasteiger partial charge in [-0.25, -0.2) is 4.57 Å². The van der Waals surface area contributed by atoms with Crippen molar-refractivity contribution < 1.29 is 28.4 Å². The zero-order valence-corrected chi connectivity index (χ0v) is 29.3. The maximum atomic E-state index is 12.6. The topological polar surface area (TPSA) is 131 Å². The normalized spacial score (nSPS) is 14.8. The maximum Gasteiger partial charge on any atom is 0.472 e. The quantitative estimate of drug-likeness (QED) is 0.0318. The van der Waals surface area contributed by atoms with Crippen molar-refractivity contribution in [2.75, 3.05) is 19.8 Å². The molecule has 8 nitrogen and oxygen atoms in total. The van der Waals surface area contributed by atoms with Crippen LogP contribution in [-0.4, -0.2) is 47.8 Å². The van der Waals surface area contributed by atoms with E-state index in [0.29, 0.717) is 6.42 Å². The Morgan fingerprint density at radius 1 is 0.750 bits per heavy atom. The molecule has 0 rings (SSSR count). The SMILES string of the molecule is CCCCCCCC/C=C/C=C/[C@@H](O)[C@H](COP(=O)(O)OCCN)NC(=O)CCCCCCCCCCCCCCCCC. The summed E-state index contributed by atoms with van der Waals surface area (Å²) in [6.07, 6.45) is 33.8. The number of aliphatic hydroxyl groups excluding tert-OH is 1. The number of rotatable bonds is 33. The second-order valence-electron chi connectivity index (χ2n) is 12.1. The van der Waals surface area contributed by atoms with E-state index in [1.165, 1.54) is 109 Å². The van der Waals surface area contributed by atoms with Crippen molar-refractivity contribution in [3.8, 4) is 0 Å². The van der Waals surface area contributed by atoms with Crippen molar-refractivity contribution in [3.63, 3.8) is 0 Å². The average molecular weight is 645 g/mol. The van der Waals surface area contributed by atoms with Gasteiger partial charge in [-0.05, 0) is 19.3 Å². The van der Waals surface area contributed by atoms with Crippen molar-refractivity contribution >= 4 is 13.7 Å². The molecule has 0 fully saturated rings. The van der Waals surface area contributed by atoms with Gasteiger partial charge in [0.15, 0.2) is 0 Å². The highest BCUT2D eigenvalue weighted by Crippen LogP contribution is 2.43. The number of unbranched alkanes of at least 4 members (excludes halogenated alkanes) is 20. The van der Waals surface area contributed by atoms with Gasteiger partial charge in [-0.3, -0.25) is 13.8 Å². The minimum atomic E-state index is -4.33. The zero-order valence-electron chi connectivity index (χ0n) is 28.4. The summed E-state index contributed by atoms with van der Waals surface area (Å²) in [5.41, 5.74) is 5.34. The molecular weight excluding hydrogens is 575 g/mol. The summed E-state index contributed by atoms with van der Waals surface area (Å²) in [6.45, 7) is 4.05. The monoisotopic (exact) mass is 644 g/mol. The fourth-order valence-corrected chi connectivity index (χ4v) is 5.83. The van der Waals surface area contributed by atoms with E-state index in [0.717, 1.165) is 32.1 Å². The molecular formula is C35H69N2O6P. The smallest absolute Gasteiger partial charge is 0.387 e. The molecule has 0 spiro atoms. The van der Waals surface area contributed by atoms with Gasteiger partial charge in [-0.15, -0.1) is 0 Å². The van der Waals surface area contributed by atoms with E-state index in [4.69, 9.17) is 14.8 Å². The third-order valence-corrected chi connectivity index (χ3v) is 8.82. The Balaban J connectivity index is 4.34. The molecule has 1 amide bonds. The molecule has 0 aliphatic heterocycles. The van der Waals surface area contributed by atoms with Crippen LogP contribution in [0.3, 0.4) is 0 Å². The Kier molecular flexibility index (Phi) is 31.2. The van der Waals surface area contributed by atoms with Crippen LogP contribution < -0.4 is 11.1 Å². The lowest BCUT2D eigenvalue weighted by molar-refractivity contribution is -0.123. The molecule has 5 N–H and O–H groups in total. The van der Waals surface area contributed by atoms with Gasteiger partial charge in [0.25, 0.3) is 0 Å². The van der Waals surface area contributed by atoms with Crippen LogP contribution >= 0.6 is 7.82 Å². The number of carbonyl (C=O) groups excluding carboxylic acids is 1. The van der Waals surface area contributed by atoms with Crippen LogP contribution in [0.2, 0.25) is 0 Å². The van der Waals surface area contributed by atoms with Gasteiger partial charge >= 0.3 is 7.82 Å². The lowest BCUT2D eigenvalue weighted by Crippen LogP contribution is -2.45. The third-order valence-electron chi connectivity index (χ3n) is 7.84. The minimum Gasteiger partial charge on any atom is -0.387 e. The van der Waals surface area contributed by atoms with Crippen molar-refractivity contribution in [2.45, 2.75) is 174 Å². The standard InChI is InChI=1S/C35H69N2O6P/c1-3-5-7-9-11-13-15-16-17-18-19-21-23-25-27-29-35(39)37-33(32-43-44(40,41)42-31-30-36)34(38)28-26-24-22-20-14-12-10-8-6-4-2/h22,24,26,28,33-34,38H,3-21,23,25,27,29-32,36H2,1-2H3,(H,37,39)(H,40,41)/b24-22+,28-26+/t33-,34+/m0/s1. The lowest BCUT2D eigenvalue weighted by atomic mass is 10.0. The van der Waals surface area contributed by atoms with Gasteiger partial charge in [-0.2, -0.15) is 0 Å². The summed E-state index contributed by atoms with van der Waals surface area (Å²) in [4.78, 5) is 22.5. The first-order valence-corrected chi connectivity index (χ1v) is 19.5. The molecule has 0 aromatic rings.